The van der Waals surface area contributed by atoms with Crippen LogP contribution in [0.1, 0.15) is 37.8 Å². The summed E-state index contributed by atoms with van der Waals surface area (Å²) in [6.07, 6.45) is 1.05. The number of thiazole rings is 1. The molecule has 1 aliphatic carbocycles. The number of hydrogen-bond donors (Lipinski definition) is 1. The molecule has 1 saturated heterocycles. The quantitative estimate of drug-likeness (QED) is 0.548. The molecule has 2 aromatic carbocycles. The molecule has 2 fully saturated rings. The zero-order valence-electron chi connectivity index (χ0n) is 18.3. The summed E-state index contributed by atoms with van der Waals surface area (Å²) in [5.74, 6) is -0.367. The standard InChI is InChI=1S/C25H23ClFN3O2S/c1-13-5-3-6-15(9-13)23-22(29-14(2)33-23)25(32)30-12-16-10-18(16)20(30)11-28-24(31)17-7-4-8-19(27)21(17)26/h3-9,16,18,20H,10-12H2,1-2H3,(H,28,31)/t16-,18?,20+/m0/s1. The third kappa shape index (κ3) is 4.15. The predicted molar refractivity (Wildman–Crippen MR) is 127 cm³/mol. The van der Waals surface area contributed by atoms with Crippen LogP contribution in [-0.4, -0.2) is 40.8 Å². The number of fused-ring (bicyclic) bond motifs is 1. The molecule has 170 valence electrons. The van der Waals surface area contributed by atoms with Crippen LogP contribution in [0.25, 0.3) is 10.4 Å². The second-order valence-corrected chi connectivity index (χ2v) is 10.4. The Balaban J connectivity index is 1.36. The number of rotatable bonds is 5. The molecule has 0 spiro atoms. The minimum atomic E-state index is -0.633. The lowest BCUT2D eigenvalue weighted by atomic mass is 10.1. The van der Waals surface area contributed by atoms with E-state index in [0.717, 1.165) is 27.4 Å². The van der Waals surface area contributed by atoms with Gasteiger partial charge >= 0.3 is 0 Å². The van der Waals surface area contributed by atoms with Gasteiger partial charge in [0.05, 0.1) is 26.5 Å². The van der Waals surface area contributed by atoms with Crippen molar-refractivity contribution in [3.8, 4) is 10.4 Å². The van der Waals surface area contributed by atoms with Gasteiger partial charge in [0.2, 0.25) is 0 Å². The number of amides is 2. The van der Waals surface area contributed by atoms with Crippen LogP contribution in [-0.2, 0) is 0 Å². The van der Waals surface area contributed by atoms with Crippen LogP contribution in [0, 0.1) is 31.5 Å². The molecule has 33 heavy (non-hydrogen) atoms. The summed E-state index contributed by atoms with van der Waals surface area (Å²) in [7, 11) is 0. The fourth-order valence-corrected chi connectivity index (χ4v) is 5.85. The van der Waals surface area contributed by atoms with Gasteiger partial charge in [-0.2, -0.15) is 0 Å². The Bertz CT molecular complexity index is 1260. The molecule has 2 amide bonds. The third-order valence-electron chi connectivity index (χ3n) is 6.45. The average Bonchev–Trinajstić information content (AvgIpc) is 3.30. The van der Waals surface area contributed by atoms with Gasteiger partial charge in [0.25, 0.3) is 11.8 Å². The fraction of sp³-hybridized carbons (Fsp3) is 0.320. The van der Waals surface area contributed by atoms with Gasteiger partial charge in [-0.1, -0.05) is 47.5 Å². The van der Waals surface area contributed by atoms with E-state index in [-0.39, 0.29) is 22.5 Å². The summed E-state index contributed by atoms with van der Waals surface area (Å²) in [5, 5.41) is 3.50. The molecule has 3 atom stereocenters. The second kappa shape index (κ2) is 8.54. The molecule has 1 N–H and O–H groups in total. The van der Waals surface area contributed by atoms with Crippen LogP contribution in [0.3, 0.4) is 0 Å². The monoisotopic (exact) mass is 483 g/mol. The van der Waals surface area contributed by atoms with E-state index in [9.17, 15) is 14.0 Å². The van der Waals surface area contributed by atoms with Gasteiger partial charge in [-0.05, 0) is 49.8 Å². The Hall–Kier alpha value is -2.77. The van der Waals surface area contributed by atoms with Gasteiger partial charge < -0.3 is 10.2 Å². The van der Waals surface area contributed by atoms with Crippen LogP contribution in [0.2, 0.25) is 5.02 Å². The molecule has 0 bridgehead atoms. The molecule has 5 nitrogen and oxygen atoms in total. The zero-order chi connectivity index (χ0) is 23.3. The minimum absolute atomic E-state index is 0.0942. The Morgan fingerprint density at radius 1 is 1.24 bits per heavy atom. The third-order valence-corrected chi connectivity index (χ3v) is 7.85. The summed E-state index contributed by atoms with van der Waals surface area (Å²) in [4.78, 5) is 33.6. The Kier molecular flexibility index (Phi) is 5.70. The Morgan fingerprint density at radius 3 is 2.82 bits per heavy atom. The molecule has 2 aliphatic rings. The first-order valence-corrected chi connectivity index (χ1v) is 12.1. The van der Waals surface area contributed by atoms with Crippen molar-refractivity contribution in [1.29, 1.82) is 0 Å². The summed E-state index contributed by atoms with van der Waals surface area (Å²) in [6.45, 7) is 4.88. The highest BCUT2D eigenvalue weighted by atomic mass is 35.5. The van der Waals surface area contributed by atoms with Gasteiger partial charge in [0.15, 0.2) is 0 Å². The minimum Gasteiger partial charge on any atom is -0.350 e. The number of benzene rings is 2. The van der Waals surface area contributed by atoms with Crippen LogP contribution in [0.4, 0.5) is 4.39 Å². The van der Waals surface area contributed by atoms with Crippen molar-refractivity contribution in [2.75, 3.05) is 13.1 Å². The largest absolute Gasteiger partial charge is 0.350 e. The van der Waals surface area contributed by atoms with E-state index in [1.807, 2.05) is 36.9 Å². The molecule has 0 radical (unpaired) electrons. The number of likely N-dealkylation sites (tertiary alicyclic amines) is 1. The van der Waals surface area contributed by atoms with Crippen molar-refractivity contribution in [3.05, 3.63) is 75.1 Å². The Morgan fingerprint density at radius 2 is 2.03 bits per heavy atom. The van der Waals surface area contributed by atoms with E-state index >= 15 is 0 Å². The normalized spacial score (nSPS) is 21.1. The van der Waals surface area contributed by atoms with Crippen LogP contribution in [0.5, 0.6) is 0 Å². The molecular weight excluding hydrogens is 461 g/mol. The van der Waals surface area contributed by atoms with E-state index in [0.29, 0.717) is 30.6 Å². The maximum Gasteiger partial charge on any atom is 0.274 e. The number of carbonyl (C=O) groups excluding carboxylic acids is 2. The second-order valence-electron chi connectivity index (χ2n) is 8.78. The van der Waals surface area contributed by atoms with Gasteiger partial charge in [-0.15, -0.1) is 11.3 Å². The number of aryl methyl sites for hydroxylation is 2. The van der Waals surface area contributed by atoms with Gasteiger partial charge in [0, 0.05) is 13.1 Å². The first kappa shape index (κ1) is 22.0. The fourth-order valence-electron chi connectivity index (χ4n) is 4.73. The molecule has 1 aromatic heterocycles. The van der Waals surface area contributed by atoms with Crippen LogP contribution < -0.4 is 5.32 Å². The number of nitrogens with zero attached hydrogens (tertiary/aromatic N) is 2. The van der Waals surface area contributed by atoms with E-state index in [4.69, 9.17) is 11.6 Å². The number of hydrogen-bond acceptors (Lipinski definition) is 4. The first-order chi connectivity index (χ1) is 15.8. The average molecular weight is 484 g/mol. The van der Waals surface area contributed by atoms with E-state index < -0.39 is 11.7 Å². The van der Waals surface area contributed by atoms with Gasteiger partial charge in [-0.3, -0.25) is 9.59 Å². The van der Waals surface area contributed by atoms with Crippen molar-refractivity contribution in [2.45, 2.75) is 26.3 Å². The SMILES string of the molecule is Cc1cccc(-c2sc(C)nc2C(=O)N2C[C@@H]3CC3[C@H]2CNC(=O)c2cccc(F)c2Cl)c1. The Labute approximate surface area is 200 Å². The number of carbonyl (C=O) groups is 2. The highest BCUT2D eigenvalue weighted by Gasteiger charge is 2.54. The number of nitrogens with one attached hydrogen (secondary N) is 1. The molecular formula is C25H23ClFN3O2S. The van der Waals surface area contributed by atoms with E-state index in [2.05, 4.69) is 16.4 Å². The zero-order valence-corrected chi connectivity index (χ0v) is 19.8. The van der Waals surface area contributed by atoms with Crippen molar-refractivity contribution < 1.29 is 14.0 Å². The van der Waals surface area contributed by atoms with Crippen molar-refractivity contribution >= 4 is 34.8 Å². The van der Waals surface area contributed by atoms with Gasteiger partial charge in [-0.25, -0.2) is 9.37 Å². The van der Waals surface area contributed by atoms with E-state index in [1.165, 1.54) is 29.5 Å². The smallest absolute Gasteiger partial charge is 0.274 e. The highest BCUT2D eigenvalue weighted by Crippen LogP contribution is 2.50. The molecule has 8 heteroatoms. The molecule has 5 rings (SSSR count). The van der Waals surface area contributed by atoms with Crippen molar-refractivity contribution in [1.82, 2.24) is 15.2 Å². The summed E-state index contributed by atoms with van der Waals surface area (Å²) < 4.78 is 13.7. The number of aromatic nitrogens is 1. The molecule has 2 heterocycles. The maximum atomic E-state index is 13.7. The first-order valence-electron chi connectivity index (χ1n) is 10.9. The maximum absolute atomic E-state index is 13.7. The molecule has 1 saturated carbocycles. The lowest BCUT2D eigenvalue weighted by Crippen LogP contribution is -2.45. The molecule has 1 unspecified atom stereocenters. The number of halogens is 2. The summed E-state index contributed by atoms with van der Waals surface area (Å²) in [5.41, 5.74) is 2.67. The number of piperidine rings is 1. The van der Waals surface area contributed by atoms with Gasteiger partial charge in [0.1, 0.15) is 11.5 Å². The lowest BCUT2D eigenvalue weighted by molar-refractivity contribution is 0.0690. The summed E-state index contributed by atoms with van der Waals surface area (Å²) >= 11 is 7.48. The molecule has 1 aliphatic heterocycles. The van der Waals surface area contributed by atoms with E-state index in [1.54, 1.807) is 0 Å². The van der Waals surface area contributed by atoms with Crippen LogP contribution in [0.15, 0.2) is 42.5 Å². The molecule has 3 aromatic rings. The summed E-state index contributed by atoms with van der Waals surface area (Å²) in [6, 6.07) is 12.1. The van der Waals surface area contributed by atoms with Crippen LogP contribution >= 0.6 is 22.9 Å². The van der Waals surface area contributed by atoms with Crippen molar-refractivity contribution in [3.63, 3.8) is 0 Å². The lowest BCUT2D eigenvalue weighted by Gasteiger charge is -2.27. The topological polar surface area (TPSA) is 62.3 Å². The predicted octanol–water partition coefficient (Wildman–Crippen LogP) is 5.11. The highest BCUT2D eigenvalue weighted by molar-refractivity contribution is 7.15. The van der Waals surface area contributed by atoms with Crippen molar-refractivity contribution in [2.24, 2.45) is 11.8 Å².